The van der Waals surface area contributed by atoms with E-state index < -0.39 is 15.4 Å². The highest BCUT2D eigenvalue weighted by Gasteiger charge is 2.50. The summed E-state index contributed by atoms with van der Waals surface area (Å²) in [6.07, 6.45) is 2.07. The van der Waals surface area contributed by atoms with Crippen LogP contribution in [0.5, 0.6) is 0 Å². The molecule has 0 radical (unpaired) electrons. The average Bonchev–Trinajstić information content (AvgIpc) is 2.79. The summed E-state index contributed by atoms with van der Waals surface area (Å²) in [5.41, 5.74) is -0.535. The molecular formula is C12H22N2O3S. The lowest BCUT2D eigenvalue weighted by atomic mass is 9.99. The van der Waals surface area contributed by atoms with Gasteiger partial charge in [-0.1, -0.05) is 13.8 Å². The van der Waals surface area contributed by atoms with Gasteiger partial charge in [0, 0.05) is 6.04 Å². The van der Waals surface area contributed by atoms with E-state index in [1.807, 2.05) is 20.8 Å². The van der Waals surface area contributed by atoms with Crippen LogP contribution in [0.3, 0.4) is 0 Å². The van der Waals surface area contributed by atoms with Crippen molar-refractivity contribution in [3.63, 3.8) is 0 Å². The number of carbonyl (C=O) groups is 1. The molecule has 0 saturated carbocycles. The molecule has 2 aliphatic rings. The number of hydrogen-bond acceptors (Lipinski definition) is 4. The fourth-order valence-corrected chi connectivity index (χ4v) is 4.60. The number of carbonyl (C=O) groups excluding carboxylic acids is 1. The second-order valence-corrected chi connectivity index (χ2v) is 7.75. The number of nitrogens with one attached hydrogen (secondary N) is 1. The van der Waals surface area contributed by atoms with Crippen molar-refractivity contribution in [1.82, 2.24) is 10.2 Å². The zero-order valence-electron chi connectivity index (χ0n) is 11.3. The number of amides is 1. The molecule has 2 fully saturated rings. The van der Waals surface area contributed by atoms with Crippen molar-refractivity contribution < 1.29 is 13.2 Å². The monoisotopic (exact) mass is 274 g/mol. The Labute approximate surface area is 109 Å². The van der Waals surface area contributed by atoms with Gasteiger partial charge in [-0.25, -0.2) is 8.42 Å². The molecule has 0 spiro atoms. The van der Waals surface area contributed by atoms with Crippen LogP contribution in [-0.4, -0.2) is 48.5 Å². The van der Waals surface area contributed by atoms with E-state index in [9.17, 15) is 13.2 Å². The zero-order chi connectivity index (χ0) is 13.6. The summed E-state index contributed by atoms with van der Waals surface area (Å²) in [6, 6.07) is -0.145. The highest BCUT2D eigenvalue weighted by molar-refractivity contribution is 7.91. The minimum Gasteiger partial charge on any atom is -0.322 e. The number of sulfone groups is 1. The Morgan fingerprint density at radius 1 is 1.44 bits per heavy atom. The Balaban J connectivity index is 2.24. The summed E-state index contributed by atoms with van der Waals surface area (Å²) in [5.74, 6) is 0.385. The summed E-state index contributed by atoms with van der Waals surface area (Å²) in [5, 5.41) is 3.35. The van der Waals surface area contributed by atoms with Gasteiger partial charge < -0.3 is 4.90 Å². The molecule has 5 nitrogen and oxygen atoms in total. The molecule has 0 aliphatic carbocycles. The Kier molecular flexibility index (Phi) is 3.44. The third-order valence-electron chi connectivity index (χ3n) is 4.22. The van der Waals surface area contributed by atoms with Crippen LogP contribution in [0.25, 0.3) is 0 Å². The lowest BCUT2D eigenvalue weighted by Gasteiger charge is -2.28. The van der Waals surface area contributed by atoms with Crippen LogP contribution in [0.15, 0.2) is 0 Å². The lowest BCUT2D eigenvalue weighted by molar-refractivity contribution is -0.134. The molecule has 0 aromatic rings. The standard InChI is InChI=1S/C12H22N2O3S/c1-4-10-13-12(3,5-2)11(15)14(10)9-6-7-18(16,17)8-9/h9-10,13H,4-8H2,1-3H3. The van der Waals surface area contributed by atoms with E-state index in [0.717, 1.165) is 12.8 Å². The fourth-order valence-electron chi connectivity index (χ4n) is 2.89. The van der Waals surface area contributed by atoms with Crippen LogP contribution in [0.2, 0.25) is 0 Å². The topological polar surface area (TPSA) is 66.5 Å². The molecule has 2 rings (SSSR count). The average molecular weight is 274 g/mol. The third kappa shape index (κ3) is 2.16. The van der Waals surface area contributed by atoms with Gasteiger partial charge in [-0.15, -0.1) is 0 Å². The molecule has 1 amide bonds. The van der Waals surface area contributed by atoms with Crippen LogP contribution >= 0.6 is 0 Å². The smallest absolute Gasteiger partial charge is 0.244 e. The molecule has 6 heteroatoms. The third-order valence-corrected chi connectivity index (χ3v) is 5.97. The van der Waals surface area contributed by atoms with E-state index in [0.29, 0.717) is 6.42 Å². The molecule has 104 valence electrons. The van der Waals surface area contributed by atoms with Crippen LogP contribution in [0.4, 0.5) is 0 Å². The van der Waals surface area contributed by atoms with Crippen LogP contribution < -0.4 is 5.32 Å². The van der Waals surface area contributed by atoms with Crippen LogP contribution in [0, 0.1) is 0 Å². The highest BCUT2D eigenvalue weighted by Crippen LogP contribution is 2.30. The molecule has 2 aliphatic heterocycles. The second kappa shape index (κ2) is 4.49. The van der Waals surface area contributed by atoms with E-state index in [1.54, 1.807) is 4.90 Å². The van der Waals surface area contributed by atoms with E-state index in [1.165, 1.54) is 0 Å². The first-order chi connectivity index (χ1) is 8.33. The summed E-state index contributed by atoms with van der Waals surface area (Å²) >= 11 is 0. The van der Waals surface area contributed by atoms with Gasteiger partial charge in [-0.2, -0.15) is 0 Å². The minimum atomic E-state index is -2.95. The van der Waals surface area contributed by atoms with E-state index in [4.69, 9.17) is 0 Å². The fraction of sp³-hybridized carbons (Fsp3) is 0.917. The SMILES string of the molecule is CCC1NC(C)(CC)C(=O)N1C1CCS(=O)(=O)C1. The second-order valence-electron chi connectivity index (χ2n) is 5.52. The van der Waals surface area contributed by atoms with Crippen molar-refractivity contribution in [3.05, 3.63) is 0 Å². The van der Waals surface area contributed by atoms with Crippen molar-refractivity contribution in [1.29, 1.82) is 0 Å². The van der Waals surface area contributed by atoms with Crippen molar-refractivity contribution in [2.24, 2.45) is 0 Å². The molecule has 3 unspecified atom stereocenters. The maximum atomic E-state index is 12.5. The molecule has 2 saturated heterocycles. The van der Waals surface area contributed by atoms with Crippen molar-refractivity contribution in [2.75, 3.05) is 11.5 Å². The largest absolute Gasteiger partial charge is 0.322 e. The summed E-state index contributed by atoms with van der Waals surface area (Å²) < 4.78 is 23.1. The van der Waals surface area contributed by atoms with Gasteiger partial charge >= 0.3 is 0 Å². The van der Waals surface area contributed by atoms with Gasteiger partial charge in [0.2, 0.25) is 5.91 Å². The van der Waals surface area contributed by atoms with E-state index in [-0.39, 0.29) is 29.6 Å². The molecule has 2 heterocycles. The van der Waals surface area contributed by atoms with Crippen molar-refractivity contribution in [2.45, 2.75) is 57.8 Å². The van der Waals surface area contributed by atoms with Gasteiger partial charge in [0.25, 0.3) is 0 Å². The Hall–Kier alpha value is -0.620. The first-order valence-corrected chi connectivity index (χ1v) is 8.46. The van der Waals surface area contributed by atoms with E-state index >= 15 is 0 Å². The number of hydrogen-bond donors (Lipinski definition) is 1. The number of rotatable bonds is 3. The van der Waals surface area contributed by atoms with Gasteiger partial charge in [0.15, 0.2) is 9.84 Å². The van der Waals surface area contributed by atoms with Crippen LogP contribution in [-0.2, 0) is 14.6 Å². The first-order valence-electron chi connectivity index (χ1n) is 6.64. The normalized spacial score (nSPS) is 39.5. The summed E-state index contributed by atoms with van der Waals surface area (Å²) in [7, 11) is -2.95. The van der Waals surface area contributed by atoms with Gasteiger partial charge in [-0.3, -0.25) is 10.1 Å². The van der Waals surface area contributed by atoms with Crippen molar-refractivity contribution >= 4 is 15.7 Å². The van der Waals surface area contributed by atoms with E-state index in [2.05, 4.69) is 5.32 Å². The minimum absolute atomic E-state index is 0.0271. The molecule has 1 N–H and O–H groups in total. The Morgan fingerprint density at radius 2 is 2.11 bits per heavy atom. The molecule has 0 aromatic carbocycles. The van der Waals surface area contributed by atoms with Gasteiger partial charge in [0.1, 0.15) is 0 Å². The zero-order valence-corrected chi connectivity index (χ0v) is 12.1. The quantitative estimate of drug-likeness (QED) is 0.814. The Bertz CT molecular complexity index is 448. The summed E-state index contributed by atoms with van der Waals surface area (Å²) in [6.45, 7) is 5.90. The molecule has 3 atom stereocenters. The molecule has 0 aromatic heterocycles. The molecular weight excluding hydrogens is 252 g/mol. The highest BCUT2D eigenvalue weighted by atomic mass is 32.2. The maximum absolute atomic E-state index is 12.5. The van der Waals surface area contributed by atoms with Crippen molar-refractivity contribution in [3.8, 4) is 0 Å². The predicted octanol–water partition coefficient (Wildman–Crippen LogP) is 0.510. The predicted molar refractivity (Wildman–Crippen MR) is 69.8 cm³/mol. The molecule has 18 heavy (non-hydrogen) atoms. The maximum Gasteiger partial charge on any atom is 0.244 e. The Morgan fingerprint density at radius 3 is 2.56 bits per heavy atom. The number of nitrogens with zero attached hydrogens (tertiary/aromatic N) is 1. The summed E-state index contributed by atoms with van der Waals surface area (Å²) in [4.78, 5) is 14.3. The van der Waals surface area contributed by atoms with Gasteiger partial charge in [0.05, 0.1) is 23.2 Å². The molecule has 0 bridgehead atoms. The van der Waals surface area contributed by atoms with Crippen LogP contribution in [0.1, 0.15) is 40.0 Å². The first kappa shape index (κ1) is 13.8. The lowest BCUT2D eigenvalue weighted by Crippen LogP contribution is -2.45. The van der Waals surface area contributed by atoms with Gasteiger partial charge in [-0.05, 0) is 26.2 Å².